The molecular formula is C17H17Cl2N3O3. The zero-order valence-corrected chi connectivity index (χ0v) is 15.3. The molecule has 0 radical (unpaired) electrons. The molecule has 0 saturated carbocycles. The molecule has 2 aromatic rings. The minimum atomic E-state index is -0.409. The van der Waals surface area contributed by atoms with Crippen LogP contribution in [0.4, 0.5) is 5.82 Å². The fraction of sp³-hybridized carbons (Fsp3) is 0.353. The number of hydrogen-bond donors (Lipinski definition) is 1. The topological polar surface area (TPSA) is 73.2 Å². The Morgan fingerprint density at radius 3 is 2.88 bits per heavy atom. The van der Waals surface area contributed by atoms with Crippen LogP contribution < -0.4 is 5.32 Å². The second kappa shape index (κ2) is 7.06. The first-order valence-electron chi connectivity index (χ1n) is 7.88. The SMILES string of the molecule is CCOC(=O)Cn1nc(C)c2c1NC(=O)CC2c1ccc(Cl)cc1Cl. The lowest BCUT2D eigenvalue weighted by molar-refractivity contribution is -0.144. The highest BCUT2D eigenvalue weighted by atomic mass is 35.5. The zero-order chi connectivity index (χ0) is 18.1. The van der Waals surface area contributed by atoms with E-state index in [9.17, 15) is 9.59 Å². The predicted octanol–water partition coefficient (Wildman–Crippen LogP) is 3.54. The smallest absolute Gasteiger partial charge is 0.327 e. The van der Waals surface area contributed by atoms with Crippen LogP contribution in [-0.4, -0.2) is 28.3 Å². The number of fused-ring (bicyclic) bond motifs is 1. The Morgan fingerprint density at radius 1 is 1.44 bits per heavy atom. The highest BCUT2D eigenvalue weighted by Gasteiger charge is 2.33. The van der Waals surface area contributed by atoms with E-state index in [0.717, 1.165) is 16.8 Å². The number of ether oxygens (including phenoxy) is 1. The lowest BCUT2D eigenvalue weighted by Crippen LogP contribution is -2.26. The molecule has 6 nitrogen and oxygen atoms in total. The molecule has 1 aromatic heterocycles. The van der Waals surface area contributed by atoms with Crippen molar-refractivity contribution in [3.05, 3.63) is 45.1 Å². The van der Waals surface area contributed by atoms with Gasteiger partial charge in [-0.05, 0) is 31.5 Å². The van der Waals surface area contributed by atoms with E-state index in [1.807, 2.05) is 13.0 Å². The van der Waals surface area contributed by atoms with Gasteiger partial charge in [-0.1, -0.05) is 29.3 Å². The average molecular weight is 382 g/mol. The molecule has 0 spiro atoms. The van der Waals surface area contributed by atoms with Gasteiger partial charge in [0.1, 0.15) is 12.4 Å². The molecule has 1 aliphatic rings. The van der Waals surface area contributed by atoms with Crippen molar-refractivity contribution in [2.24, 2.45) is 0 Å². The highest BCUT2D eigenvalue weighted by molar-refractivity contribution is 6.35. The molecule has 25 heavy (non-hydrogen) atoms. The maximum atomic E-state index is 12.2. The monoisotopic (exact) mass is 381 g/mol. The van der Waals surface area contributed by atoms with Gasteiger partial charge in [0.15, 0.2) is 0 Å². The average Bonchev–Trinajstić information content (AvgIpc) is 2.83. The minimum absolute atomic E-state index is 0.0641. The van der Waals surface area contributed by atoms with Gasteiger partial charge in [0.2, 0.25) is 5.91 Å². The van der Waals surface area contributed by atoms with Crippen molar-refractivity contribution in [2.45, 2.75) is 32.7 Å². The van der Waals surface area contributed by atoms with Crippen molar-refractivity contribution >= 4 is 40.9 Å². The van der Waals surface area contributed by atoms with E-state index in [-0.39, 0.29) is 31.4 Å². The number of nitrogens with one attached hydrogen (secondary N) is 1. The van der Waals surface area contributed by atoms with E-state index >= 15 is 0 Å². The molecule has 132 valence electrons. The molecule has 1 aliphatic heterocycles. The summed E-state index contributed by atoms with van der Waals surface area (Å²) < 4.78 is 6.44. The highest BCUT2D eigenvalue weighted by Crippen LogP contribution is 2.42. The molecule has 0 bridgehead atoms. The molecule has 1 atom stereocenters. The molecule has 3 rings (SSSR count). The molecule has 0 aliphatic carbocycles. The molecule has 2 heterocycles. The second-order valence-corrected chi connectivity index (χ2v) is 6.62. The van der Waals surface area contributed by atoms with Crippen LogP contribution in [0.5, 0.6) is 0 Å². The lowest BCUT2D eigenvalue weighted by Gasteiger charge is -2.25. The summed E-state index contributed by atoms with van der Waals surface area (Å²) in [6, 6.07) is 5.22. The van der Waals surface area contributed by atoms with Crippen molar-refractivity contribution in [2.75, 3.05) is 11.9 Å². The van der Waals surface area contributed by atoms with Gasteiger partial charge in [-0.2, -0.15) is 5.10 Å². The van der Waals surface area contributed by atoms with Gasteiger partial charge in [0.05, 0.1) is 12.3 Å². The van der Waals surface area contributed by atoms with Crippen molar-refractivity contribution in [1.82, 2.24) is 9.78 Å². The molecule has 8 heteroatoms. The Morgan fingerprint density at radius 2 is 2.20 bits per heavy atom. The molecule has 1 N–H and O–H groups in total. The molecule has 1 unspecified atom stereocenters. The quantitative estimate of drug-likeness (QED) is 0.821. The van der Waals surface area contributed by atoms with Gasteiger partial charge in [0, 0.05) is 27.9 Å². The number of aryl methyl sites for hydroxylation is 1. The van der Waals surface area contributed by atoms with E-state index in [0.29, 0.717) is 15.9 Å². The largest absolute Gasteiger partial charge is 0.465 e. The molecule has 1 amide bonds. The summed E-state index contributed by atoms with van der Waals surface area (Å²) >= 11 is 12.3. The van der Waals surface area contributed by atoms with E-state index in [1.54, 1.807) is 19.1 Å². The first-order valence-corrected chi connectivity index (χ1v) is 8.64. The minimum Gasteiger partial charge on any atom is -0.465 e. The van der Waals surface area contributed by atoms with Crippen LogP contribution in [0.2, 0.25) is 10.0 Å². The Labute approximate surface area is 155 Å². The Kier molecular flexibility index (Phi) is 5.01. The van der Waals surface area contributed by atoms with E-state index in [2.05, 4.69) is 10.4 Å². The summed E-state index contributed by atoms with van der Waals surface area (Å²) in [5.41, 5.74) is 2.39. The summed E-state index contributed by atoms with van der Waals surface area (Å²) in [6.07, 6.45) is 0.250. The van der Waals surface area contributed by atoms with Crippen LogP contribution in [-0.2, 0) is 20.9 Å². The summed E-state index contributed by atoms with van der Waals surface area (Å²) in [5.74, 6) is -0.301. The van der Waals surface area contributed by atoms with Crippen molar-refractivity contribution < 1.29 is 14.3 Å². The number of anilines is 1. The number of hydrogen-bond acceptors (Lipinski definition) is 4. The lowest BCUT2D eigenvalue weighted by atomic mass is 9.86. The maximum Gasteiger partial charge on any atom is 0.327 e. The maximum absolute atomic E-state index is 12.2. The van der Waals surface area contributed by atoms with Crippen molar-refractivity contribution in [1.29, 1.82) is 0 Å². The Hall–Kier alpha value is -2.05. The number of carbonyl (C=O) groups is 2. The first-order chi connectivity index (χ1) is 11.9. The van der Waals surface area contributed by atoms with E-state index < -0.39 is 5.97 Å². The third kappa shape index (κ3) is 3.50. The fourth-order valence-electron chi connectivity index (χ4n) is 3.11. The summed E-state index contributed by atoms with van der Waals surface area (Å²) in [6.45, 7) is 3.80. The number of rotatable bonds is 4. The van der Waals surface area contributed by atoms with Crippen LogP contribution in [0.25, 0.3) is 0 Å². The van der Waals surface area contributed by atoms with Crippen LogP contribution in [0.3, 0.4) is 0 Å². The van der Waals surface area contributed by atoms with Gasteiger partial charge in [0.25, 0.3) is 0 Å². The van der Waals surface area contributed by atoms with Crippen molar-refractivity contribution in [3.63, 3.8) is 0 Å². The standard InChI is InChI=1S/C17H17Cl2N3O3/c1-3-25-15(24)8-22-17-16(9(2)21-22)12(7-14(23)20-17)11-5-4-10(18)6-13(11)19/h4-6,12H,3,7-8H2,1-2H3,(H,20,23). The number of esters is 1. The van der Waals surface area contributed by atoms with Crippen LogP contribution in [0.1, 0.15) is 36.1 Å². The first kappa shape index (κ1) is 17.8. The van der Waals surface area contributed by atoms with Gasteiger partial charge in [-0.15, -0.1) is 0 Å². The molecule has 0 fully saturated rings. The Bertz CT molecular complexity index is 848. The Balaban J connectivity index is 2.05. The number of halogens is 2. The van der Waals surface area contributed by atoms with Gasteiger partial charge in [-0.25, -0.2) is 4.68 Å². The third-order valence-electron chi connectivity index (χ3n) is 4.09. The summed E-state index contributed by atoms with van der Waals surface area (Å²) in [7, 11) is 0. The van der Waals surface area contributed by atoms with E-state index in [1.165, 1.54) is 4.68 Å². The fourth-order valence-corrected chi connectivity index (χ4v) is 3.65. The van der Waals surface area contributed by atoms with Crippen LogP contribution in [0.15, 0.2) is 18.2 Å². The molecule has 0 saturated heterocycles. The third-order valence-corrected chi connectivity index (χ3v) is 4.65. The number of aromatic nitrogens is 2. The predicted molar refractivity (Wildman–Crippen MR) is 95.1 cm³/mol. The summed E-state index contributed by atoms with van der Waals surface area (Å²) in [5, 5.41) is 8.24. The normalized spacial score (nSPS) is 16.3. The molecule has 1 aromatic carbocycles. The zero-order valence-electron chi connectivity index (χ0n) is 13.8. The number of amides is 1. The van der Waals surface area contributed by atoms with Crippen LogP contribution in [0, 0.1) is 6.92 Å². The number of benzene rings is 1. The van der Waals surface area contributed by atoms with Crippen LogP contribution >= 0.6 is 23.2 Å². The van der Waals surface area contributed by atoms with Gasteiger partial charge < -0.3 is 10.1 Å². The van der Waals surface area contributed by atoms with Gasteiger partial charge in [-0.3, -0.25) is 9.59 Å². The summed E-state index contributed by atoms with van der Waals surface area (Å²) in [4.78, 5) is 24.0. The second-order valence-electron chi connectivity index (χ2n) is 5.78. The number of carbonyl (C=O) groups excluding carboxylic acids is 2. The number of nitrogens with zero attached hydrogens (tertiary/aromatic N) is 2. The van der Waals surface area contributed by atoms with Crippen molar-refractivity contribution in [3.8, 4) is 0 Å². The van der Waals surface area contributed by atoms with Gasteiger partial charge >= 0.3 is 5.97 Å². The van der Waals surface area contributed by atoms with E-state index in [4.69, 9.17) is 27.9 Å². The molecular weight excluding hydrogens is 365 g/mol.